The predicted octanol–water partition coefficient (Wildman–Crippen LogP) is 3.72. The van der Waals surface area contributed by atoms with Gasteiger partial charge in [0.2, 0.25) is 5.91 Å². The highest BCUT2D eigenvalue weighted by Crippen LogP contribution is 2.12. The number of rotatable bonds is 7. The fraction of sp³-hybridized carbons (Fsp3) is 0.250. The summed E-state index contributed by atoms with van der Waals surface area (Å²) in [7, 11) is 0. The summed E-state index contributed by atoms with van der Waals surface area (Å²) in [6.07, 6.45) is 1.21. The van der Waals surface area contributed by atoms with Crippen molar-refractivity contribution in [3.8, 4) is 0 Å². The number of halogens is 1. The largest absolute Gasteiger partial charge is 0.356 e. The average molecular weight is 322 g/mol. The van der Waals surface area contributed by atoms with Crippen LogP contribution in [0.2, 0.25) is 5.02 Å². The van der Waals surface area contributed by atoms with Crippen LogP contribution >= 0.6 is 22.9 Å². The lowest BCUT2D eigenvalue weighted by Crippen LogP contribution is -2.26. The molecule has 0 aliphatic carbocycles. The van der Waals surface area contributed by atoms with Gasteiger partial charge >= 0.3 is 0 Å². The Hall–Kier alpha value is -1.65. The van der Waals surface area contributed by atoms with Crippen molar-refractivity contribution in [1.82, 2.24) is 5.32 Å². The predicted molar refractivity (Wildman–Crippen MR) is 86.0 cm³/mol. The summed E-state index contributed by atoms with van der Waals surface area (Å²) < 4.78 is 0. The maximum Gasteiger partial charge on any atom is 0.220 e. The van der Waals surface area contributed by atoms with Crippen molar-refractivity contribution < 1.29 is 9.59 Å². The first-order valence-electron chi connectivity index (χ1n) is 6.73. The van der Waals surface area contributed by atoms with E-state index in [9.17, 15) is 9.59 Å². The van der Waals surface area contributed by atoms with Crippen LogP contribution in [0.1, 0.15) is 28.1 Å². The van der Waals surface area contributed by atoms with Crippen molar-refractivity contribution >= 4 is 34.6 Å². The first kappa shape index (κ1) is 15.7. The number of benzene rings is 1. The summed E-state index contributed by atoms with van der Waals surface area (Å²) >= 11 is 7.30. The maximum absolute atomic E-state index is 11.8. The minimum atomic E-state index is -0.0954. The summed E-state index contributed by atoms with van der Waals surface area (Å²) in [4.78, 5) is 24.2. The van der Waals surface area contributed by atoms with Crippen LogP contribution in [0.25, 0.3) is 0 Å². The Morgan fingerprint density at radius 3 is 2.71 bits per heavy atom. The van der Waals surface area contributed by atoms with Crippen molar-refractivity contribution in [2.45, 2.75) is 19.3 Å². The highest BCUT2D eigenvalue weighted by atomic mass is 35.5. The third kappa shape index (κ3) is 5.33. The summed E-state index contributed by atoms with van der Waals surface area (Å²) in [5, 5.41) is 5.37. The van der Waals surface area contributed by atoms with Gasteiger partial charge in [0.05, 0.1) is 4.88 Å². The zero-order valence-electron chi connectivity index (χ0n) is 11.5. The fourth-order valence-electron chi connectivity index (χ4n) is 1.91. The number of amides is 1. The van der Waals surface area contributed by atoms with Gasteiger partial charge in [0.25, 0.3) is 0 Å². The van der Waals surface area contributed by atoms with E-state index in [0.717, 1.165) is 12.0 Å². The molecule has 1 amide bonds. The molecular weight excluding hydrogens is 306 g/mol. The molecule has 0 aliphatic rings. The third-order valence-corrected chi connectivity index (χ3v) is 4.15. The first-order valence-corrected chi connectivity index (χ1v) is 7.99. The Morgan fingerprint density at radius 1 is 1.14 bits per heavy atom. The number of nitrogens with one attached hydrogen (secondary N) is 1. The molecule has 0 aliphatic heterocycles. The maximum atomic E-state index is 11.8. The van der Waals surface area contributed by atoms with Crippen LogP contribution in [0.5, 0.6) is 0 Å². The van der Waals surface area contributed by atoms with Gasteiger partial charge in [-0.3, -0.25) is 9.59 Å². The fourth-order valence-corrected chi connectivity index (χ4v) is 2.82. The Kier molecular flexibility index (Phi) is 5.96. The van der Waals surface area contributed by atoms with E-state index in [-0.39, 0.29) is 24.5 Å². The molecule has 3 nitrogen and oxygen atoms in total. The molecular formula is C16H16ClNO2S. The average Bonchev–Trinajstić information content (AvgIpc) is 2.99. The van der Waals surface area contributed by atoms with E-state index >= 15 is 0 Å². The third-order valence-electron chi connectivity index (χ3n) is 3.00. The lowest BCUT2D eigenvalue weighted by atomic mass is 10.1. The van der Waals surface area contributed by atoms with Gasteiger partial charge in [-0.15, -0.1) is 11.3 Å². The topological polar surface area (TPSA) is 46.2 Å². The zero-order valence-corrected chi connectivity index (χ0v) is 13.0. The van der Waals surface area contributed by atoms with Crippen molar-refractivity contribution in [3.63, 3.8) is 0 Å². The van der Waals surface area contributed by atoms with E-state index in [1.54, 1.807) is 6.07 Å². The van der Waals surface area contributed by atoms with Crippen LogP contribution in [0.15, 0.2) is 41.8 Å². The van der Waals surface area contributed by atoms with E-state index < -0.39 is 0 Å². The van der Waals surface area contributed by atoms with Gasteiger partial charge < -0.3 is 5.32 Å². The number of hydrogen-bond donors (Lipinski definition) is 1. The van der Waals surface area contributed by atoms with E-state index in [2.05, 4.69) is 5.32 Å². The van der Waals surface area contributed by atoms with E-state index in [1.165, 1.54) is 11.3 Å². The molecule has 0 saturated heterocycles. The molecule has 21 heavy (non-hydrogen) atoms. The summed E-state index contributed by atoms with van der Waals surface area (Å²) in [6.45, 7) is 0.548. The van der Waals surface area contributed by atoms with Crippen LogP contribution < -0.4 is 5.32 Å². The van der Waals surface area contributed by atoms with Gasteiger partial charge in [0, 0.05) is 24.4 Å². The number of hydrogen-bond acceptors (Lipinski definition) is 3. The molecule has 2 aromatic rings. The second kappa shape index (κ2) is 7.96. The van der Waals surface area contributed by atoms with Crippen molar-refractivity contribution in [2.75, 3.05) is 6.54 Å². The van der Waals surface area contributed by atoms with Crippen molar-refractivity contribution in [3.05, 3.63) is 57.2 Å². The van der Waals surface area contributed by atoms with Crippen LogP contribution in [0, 0.1) is 0 Å². The SMILES string of the molecule is O=C(CCC(=O)c1cccs1)NCCc1cccc(Cl)c1. The highest BCUT2D eigenvalue weighted by Gasteiger charge is 2.09. The monoisotopic (exact) mass is 321 g/mol. The molecule has 0 radical (unpaired) electrons. The minimum absolute atomic E-state index is 0.0231. The van der Waals surface area contributed by atoms with Crippen LogP contribution in [0.4, 0.5) is 0 Å². The molecule has 0 saturated carbocycles. The Bertz CT molecular complexity index is 610. The lowest BCUT2D eigenvalue weighted by Gasteiger charge is -2.05. The quantitative estimate of drug-likeness (QED) is 0.790. The molecule has 0 bridgehead atoms. The van der Waals surface area contributed by atoms with Gasteiger partial charge in [-0.2, -0.15) is 0 Å². The summed E-state index contributed by atoms with van der Waals surface area (Å²) in [5.74, 6) is -0.0723. The Balaban J connectivity index is 1.67. The van der Waals surface area contributed by atoms with Crippen molar-refractivity contribution in [1.29, 1.82) is 0 Å². The zero-order chi connectivity index (χ0) is 15.1. The molecule has 5 heteroatoms. The molecule has 0 fully saturated rings. The minimum Gasteiger partial charge on any atom is -0.356 e. The smallest absolute Gasteiger partial charge is 0.220 e. The van der Waals surface area contributed by atoms with Gasteiger partial charge in [-0.25, -0.2) is 0 Å². The Labute approximate surface area is 132 Å². The molecule has 0 unspecified atom stereocenters. The van der Waals surface area contributed by atoms with E-state index in [4.69, 9.17) is 11.6 Å². The Morgan fingerprint density at radius 2 is 2.00 bits per heavy atom. The summed E-state index contributed by atoms with van der Waals surface area (Å²) in [5.41, 5.74) is 1.08. The van der Waals surface area contributed by atoms with Gasteiger partial charge in [-0.05, 0) is 35.6 Å². The highest BCUT2D eigenvalue weighted by molar-refractivity contribution is 7.12. The number of carbonyl (C=O) groups excluding carboxylic acids is 2. The van der Waals surface area contributed by atoms with E-state index in [1.807, 2.05) is 35.7 Å². The van der Waals surface area contributed by atoms with Gasteiger partial charge in [0.1, 0.15) is 0 Å². The molecule has 1 N–H and O–H groups in total. The second-order valence-corrected chi connectivity index (χ2v) is 6.01. The number of ketones is 1. The molecule has 1 heterocycles. The number of thiophene rings is 1. The lowest BCUT2D eigenvalue weighted by molar-refractivity contribution is -0.121. The normalized spacial score (nSPS) is 10.3. The number of Topliss-reactive ketones (excluding diaryl/α,β-unsaturated/α-hetero) is 1. The first-order chi connectivity index (χ1) is 10.1. The molecule has 110 valence electrons. The van der Waals surface area contributed by atoms with Crippen LogP contribution in [-0.4, -0.2) is 18.2 Å². The van der Waals surface area contributed by atoms with Gasteiger partial charge in [-0.1, -0.05) is 29.8 Å². The molecule has 0 spiro atoms. The molecule has 0 atom stereocenters. The van der Waals surface area contributed by atoms with E-state index in [0.29, 0.717) is 16.4 Å². The molecule has 1 aromatic carbocycles. The second-order valence-electron chi connectivity index (χ2n) is 4.63. The number of carbonyl (C=O) groups is 2. The van der Waals surface area contributed by atoms with Crippen LogP contribution in [-0.2, 0) is 11.2 Å². The summed E-state index contributed by atoms with van der Waals surface area (Å²) in [6, 6.07) is 11.2. The standard InChI is InChI=1S/C16H16ClNO2S/c17-13-4-1-3-12(11-13)8-9-18-16(20)7-6-14(19)15-5-2-10-21-15/h1-5,10-11H,6-9H2,(H,18,20). The van der Waals surface area contributed by atoms with Crippen molar-refractivity contribution in [2.24, 2.45) is 0 Å². The molecule has 2 rings (SSSR count). The van der Waals surface area contributed by atoms with Crippen LogP contribution in [0.3, 0.4) is 0 Å². The van der Waals surface area contributed by atoms with Gasteiger partial charge in [0.15, 0.2) is 5.78 Å². The molecule has 1 aromatic heterocycles.